The lowest BCUT2D eigenvalue weighted by Crippen LogP contribution is -2.48. The monoisotopic (exact) mass is 511 g/mol. The molecule has 0 radical (unpaired) electrons. The maximum atomic E-state index is 13.5. The molecule has 4 aromatic rings. The van der Waals surface area contributed by atoms with Gasteiger partial charge in [-0.1, -0.05) is 48.5 Å². The summed E-state index contributed by atoms with van der Waals surface area (Å²) in [5.41, 5.74) is 3.09. The Labute approximate surface area is 222 Å². The number of anilines is 1. The first-order valence-electron chi connectivity index (χ1n) is 13.0. The third-order valence-electron chi connectivity index (χ3n) is 7.31. The second kappa shape index (κ2) is 11.1. The van der Waals surface area contributed by atoms with Gasteiger partial charge in [0, 0.05) is 57.4 Å². The van der Waals surface area contributed by atoms with Gasteiger partial charge in [-0.3, -0.25) is 14.5 Å². The molecule has 1 aromatic heterocycles. The summed E-state index contributed by atoms with van der Waals surface area (Å²) in [5, 5.41) is 0.425. The van der Waals surface area contributed by atoms with Crippen molar-refractivity contribution in [3.63, 3.8) is 0 Å². The molecular formula is C31H33N3O4. The number of benzene rings is 3. The van der Waals surface area contributed by atoms with Gasteiger partial charge in [-0.2, -0.15) is 0 Å². The van der Waals surface area contributed by atoms with Gasteiger partial charge >= 0.3 is 0 Å². The van der Waals surface area contributed by atoms with Crippen LogP contribution in [0.3, 0.4) is 0 Å². The Kier molecular flexibility index (Phi) is 7.47. The van der Waals surface area contributed by atoms with Crippen molar-refractivity contribution in [1.29, 1.82) is 0 Å². The maximum Gasteiger partial charge on any atom is 0.257 e. The molecule has 1 saturated heterocycles. The van der Waals surface area contributed by atoms with Crippen LogP contribution in [-0.4, -0.2) is 69.1 Å². The fraction of sp³-hybridized carbons (Fsp3) is 0.290. The molecule has 1 aliphatic heterocycles. The number of ether oxygens (including phenoxy) is 1. The smallest absolute Gasteiger partial charge is 0.257 e. The molecule has 1 fully saturated rings. The van der Waals surface area contributed by atoms with Crippen molar-refractivity contribution >= 4 is 22.6 Å². The minimum Gasteiger partial charge on any atom is -0.495 e. The number of carbonyl (C=O) groups is 1. The summed E-state index contributed by atoms with van der Waals surface area (Å²) in [5.74, 6) is 1.23. The lowest BCUT2D eigenvalue weighted by molar-refractivity contribution is 0.0777. The maximum absolute atomic E-state index is 13.5. The molecule has 1 amide bonds. The third-order valence-corrected chi connectivity index (χ3v) is 7.31. The summed E-state index contributed by atoms with van der Waals surface area (Å²) in [6, 6.07) is 22.8. The highest BCUT2D eigenvalue weighted by atomic mass is 16.5. The molecular weight excluding hydrogens is 478 g/mol. The van der Waals surface area contributed by atoms with E-state index in [-0.39, 0.29) is 11.3 Å². The predicted octanol–water partition coefficient (Wildman–Crippen LogP) is 4.67. The first kappa shape index (κ1) is 25.5. The zero-order valence-corrected chi connectivity index (χ0v) is 22.1. The van der Waals surface area contributed by atoms with Crippen LogP contribution in [-0.2, 0) is 0 Å². The highest BCUT2D eigenvalue weighted by Crippen LogP contribution is 2.29. The van der Waals surface area contributed by atoms with Crippen molar-refractivity contribution < 1.29 is 13.9 Å². The average Bonchev–Trinajstić information content (AvgIpc) is 2.97. The Morgan fingerprint density at radius 2 is 1.66 bits per heavy atom. The molecule has 0 atom stereocenters. The van der Waals surface area contributed by atoms with Crippen LogP contribution in [0.15, 0.2) is 82.0 Å². The minimum atomic E-state index is -0.158. The predicted molar refractivity (Wildman–Crippen MR) is 151 cm³/mol. The van der Waals surface area contributed by atoms with E-state index in [2.05, 4.69) is 15.9 Å². The summed E-state index contributed by atoms with van der Waals surface area (Å²) in [6.45, 7) is 6.71. The van der Waals surface area contributed by atoms with E-state index in [1.807, 2.05) is 48.5 Å². The standard InChI is InChI=1S/C31H33N3O4/c1-22-28(35)24-12-9-13-25(30(24)38-29(22)23-10-5-4-6-11-23)31(36)32(2)16-17-33-18-20-34(21-19-33)26-14-7-8-15-27(26)37-3/h4-15H,16-21H2,1-3H3. The van der Waals surface area contributed by atoms with E-state index in [1.165, 1.54) is 0 Å². The molecule has 0 N–H and O–H groups in total. The molecule has 7 nitrogen and oxygen atoms in total. The molecule has 2 heterocycles. The number of rotatable bonds is 7. The van der Waals surface area contributed by atoms with E-state index in [0.717, 1.165) is 49.7 Å². The number of methoxy groups -OCH3 is 1. The van der Waals surface area contributed by atoms with Crippen molar-refractivity contribution in [2.24, 2.45) is 0 Å². The van der Waals surface area contributed by atoms with Crippen LogP contribution >= 0.6 is 0 Å². The zero-order valence-electron chi connectivity index (χ0n) is 22.1. The van der Waals surface area contributed by atoms with Crippen LogP contribution in [0.4, 0.5) is 5.69 Å². The molecule has 5 rings (SSSR count). The lowest BCUT2D eigenvalue weighted by Gasteiger charge is -2.37. The zero-order chi connectivity index (χ0) is 26.6. The second-order valence-electron chi connectivity index (χ2n) is 9.66. The number of nitrogens with zero attached hydrogens (tertiary/aromatic N) is 3. The van der Waals surface area contributed by atoms with E-state index in [0.29, 0.717) is 34.4 Å². The Hall–Kier alpha value is -4.10. The van der Waals surface area contributed by atoms with Gasteiger partial charge in [0.2, 0.25) is 0 Å². The summed E-state index contributed by atoms with van der Waals surface area (Å²) >= 11 is 0. The summed E-state index contributed by atoms with van der Waals surface area (Å²) in [6.07, 6.45) is 0. The molecule has 38 heavy (non-hydrogen) atoms. The Balaban J connectivity index is 1.28. The van der Waals surface area contributed by atoms with Gasteiger partial charge in [0.25, 0.3) is 5.91 Å². The summed E-state index contributed by atoms with van der Waals surface area (Å²) in [4.78, 5) is 33.1. The number of piperazine rings is 1. The van der Waals surface area contributed by atoms with Crippen LogP contribution < -0.4 is 15.1 Å². The number of hydrogen-bond donors (Lipinski definition) is 0. The molecule has 0 spiro atoms. The van der Waals surface area contributed by atoms with Gasteiger partial charge in [0.15, 0.2) is 11.0 Å². The molecule has 0 bridgehead atoms. The van der Waals surface area contributed by atoms with Crippen LogP contribution in [0.2, 0.25) is 0 Å². The number of carbonyl (C=O) groups excluding carboxylic acids is 1. The molecule has 1 aliphatic rings. The van der Waals surface area contributed by atoms with E-state index in [1.54, 1.807) is 44.2 Å². The Bertz CT molecular complexity index is 1490. The van der Waals surface area contributed by atoms with Crippen LogP contribution in [0.25, 0.3) is 22.3 Å². The Morgan fingerprint density at radius 3 is 2.39 bits per heavy atom. The van der Waals surface area contributed by atoms with E-state index >= 15 is 0 Å². The quantitative estimate of drug-likeness (QED) is 0.359. The summed E-state index contributed by atoms with van der Waals surface area (Å²) in [7, 11) is 3.50. The van der Waals surface area contributed by atoms with Crippen LogP contribution in [0, 0.1) is 6.92 Å². The second-order valence-corrected chi connectivity index (χ2v) is 9.66. The van der Waals surface area contributed by atoms with Gasteiger partial charge < -0.3 is 19.0 Å². The van der Waals surface area contributed by atoms with Gasteiger partial charge in [-0.05, 0) is 31.2 Å². The fourth-order valence-corrected chi connectivity index (χ4v) is 5.04. The molecule has 0 unspecified atom stereocenters. The first-order valence-corrected chi connectivity index (χ1v) is 13.0. The topological polar surface area (TPSA) is 66.2 Å². The molecule has 196 valence electrons. The van der Waals surface area contributed by atoms with Crippen molar-refractivity contribution in [3.05, 3.63) is 94.1 Å². The van der Waals surface area contributed by atoms with Gasteiger partial charge in [-0.25, -0.2) is 0 Å². The number of para-hydroxylation sites is 3. The van der Waals surface area contributed by atoms with Crippen molar-refractivity contribution in [1.82, 2.24) is 9.80 Å². The largest absolute Gasteiger partial charge is 0.495 e. The van der Waals surface area contributed by atoms with Crippen molar-refractivity contribution in [2.45, 2.75) is 6.92 Å². The first-order chi connectivity index (χ1) is 18.5. The van der Waals surface area contributed by atoms with Crippen LogP contribution in [0.1, 0.15) is 15.9 Å². The molecule has 0 aliphatic carbocycles. The third kappa shape index (κ3) is 5.02. The van der Waals surface area contributed by atoms with E-state index in [9.17, 15) is 9.59 Å². The summed E-state index contributed by atoms with van der Waals surface area (Å²) < 4.78 is 11.8. The fourth-order valence-electron chi connectivity index (χ4n) is 5.04. The van der Waals surface area contributed by atoms with Gasteiger partial charge in [0.05, 0.1) is 23.7 Å². The van der Waals surface area contributed by atoms with Gasteiger partial charge in [-0.15, -0.1) is 0 Å². The van der Waals surface area contributed by atoms with Crippen molar-refractivity contribution in [2.75, 3.05) is 58.3 Å². The normalized spacial score (nSPS) is 14.0. The number of likely N-dealkylation sites (N-methyl/N-ethyl adjacent to an activating group) is 1. The SMILES string of the molecule is COc1ccccc1N1CCN(CCN(C)C(=O)c2cccc3c(=O)c(C)c(-c4ccccc4)oc23)CC1. The minimum absolute atomic E-state index is 0.115. The van der Waals surface area contributed by atoms with E-state index in [4.69, 9.17) is 9.15 Å². The highest BCUT2D eigenvalue weighted by Gasteiger charge is 2.23. The highest BCUT2D eigenvalue weighted by molar-refractivity contribution is 6.05. The van der Waals surface area contributed by atoms with E-state index < -0.39 is 0 Å². The van der Waals surface area contributed by atoms with Crippen molar-refractivity contribution in [3.8, 4) is 17.1 Å². The number of hydrogen-bond acceptors (Lipinski definition) is 6. The number of fused-ring (bicyclic) bond motifs is 1. The molecule has 7 heteroatoms. The lowest BCUT2D eigenvalue weighted by atomic mass is 10.0. The molecule has 0 saturated carbocycles. The number of amides is 1. The average molecular weight is 512 g/mol. The molecule has 3 aromatic carbocycles. The van der Waals surface area contributed by atoms with Crippen LogP contribution in [0.5, 0.6) is 5.75 Å². The van der Waals surface area contributed by atoms with Gasteiger partial charge in [0.1, 0.15) is 11.5 Å². The Morgan fingerprint density at radius 1 is 0.947 bits per heavy atom.